The van der Waals surface area contributed by atoms with Gasteiger partial charge in [-0.1, -0.05) is 27.2 Å². The first-order valence-electron chi connectivity index (χ1n) is 9.29. The topological polar surface area (TPSA) is 59.1 Å². The molecule has 24 heavy (non-hydrogen) atoms. The summed E-state index contributed by atoms with van der Waals surface area (Å²) in [6.07, 6.45) is 8.12. The molecule has 1 N–H and O–H groups in total. The van der Waals surface area contributed by atoms with Gasteiger partial charge in [0, 0.05) is 11.5 Å². The number of epoxide rings is 1. The van der Waals surface area contributed by atoms with Gasteiger partial charge in [-0.3, -0.25) is 0 Å². The van der Waals surface area contributed by atoms with E-state index in [1.807, 2.05) is 0 Å². The van der Waals surface area contributed by atoms with Crippen LogP contribution in [0.15, 0.2) is 23.0 Å². The number of carbonyl (C=O) groups excluding carboxylic acids is 1. The highest BCUT2D eigenvalue weighted by Gasteiger charge is 2.73. The minimum absolute atomic E-state index is 0.0566. The summed E-state index contributed by atoms with van der Waals surface area (Å²) in [5, 5.41) is 9.57. The molecule has 2 aliphatic heterocycles. The van der Waals surface area contributed by atoms with E-state index < -0.39 is 5.97 Å². The molecule has 5 aliphatic rings. The van der Waals surface area contributed by atoms with Crippen LogP contribution in [0.5, 0.6) is 0 Å². The number of hydrogen-bond acceptors (Lipinski definition) is 4. The summed E-state index contributed by atoms with van der Waals surface area (Å²) in [7, 11) is 0. The van der Waals surface area contributed by atoms with E-state index in [1.54, 1.807) is 0 Å². The highest BCUT2D eigenvalue weighted by molar-refractivity contribution is 5.95. The van der Waals surface area contributed by atoms with E-state index in [4.69, 9.17) is 9.47 Å². The number of ether oxygens (including phenoxy) is 2. The molecule has 2 saturated carbocycles. The molecule has 5 atom stereocenters. The van der Waals surface area contributed by atoms with Gasteiger partial charge in [-0.15, -0.1) is 0 Å². The van der Waals surface area contributed by atoms with Crippen molar-refractivity contribution in [2.24, 2.45) is 22.7 Å². The Kier molecular flexibility index (Phi) is 2.74. The summed E-state index contributed by atoms with van der Waals surface area (Å²) in [5.74, 6) is 1.25. The molecule has 0 bridgehead atoms. The lowest BCUT2D eigenvalue weighted by Gasteiger charge is -2.59. The van der Waals surface area contributed by atoms with E-state index in [-0.39, 0.29) is 23.7 Å². The van der Waals surface area contributed by atoms with E-state index in [1.165, 1.54) is 25.7 Å². The van der Waals surface area contributed by atoms with Gasteiger partial charge in [-0.05, 0) is 48.5 Å². The Labute approximate surface area is 142 Å². The molecule has 2 heterocycles. The molecule has 1 saturated heterocycles. The van der Waals surface area contributed by atoms with Crippen LogP contribution in [-0.4, -0.2) is 29.4 Å². The van der Waals surface area contributed by atoms with Gasteiger partial charge in [-0.2, -0.15) is 0 Å². The summed E-state index contributed by atoms with van der Waals surface area (Å²) in [5.41, 5.74) is 1.62. The summed E-state index contributed by atoms with van der Waals surface area (Å²) in [4.78, 5) is 12.1. The lowest BCUT2D eigenvalue weighted by Crippen LogP contribution is -2.55. The Bertz CT molecular complexity index is 702. The summed E-state index contributed by atoms with van der Waals surface area (Å²) in [6, 6.07) is 0. The van der Waals surface area contributed by atoms with E-state index in [2.05, 4.69) is 26.8 Å². The van der Waals surface area contributed by atoms with E-state index >= 15 is 0 Å². The van der Waals surface area contributed by atoms with Crippen molar-refractivity contribution >= 4 is 5.97 Å². The Morgan fingerprint density at radius 3 is 2.79 bits per heavy atom. The largest absolute Gasteiger partial charge is 0.423 e. The van der Waals surface area contributed by atoms with Gasteiger partial charge in [0.15, 0.2) is 0 Å². The summed E-state index contributed by atoms with van der Waals surface area (Å²) in [6.45, 7) is 7.00. The van der Waals surface area contributed by atoms with Crippen molar-refractivity contribution in [2.45, 2.75) is 64.6 Å². The van der Waals surface area contributed by atoms with Crippen molar-refractivity contribution in [2.75, 3.05) is 6.61 Å². The molecule has 2 unspecified atom stereocenters. The maximum Gasteiger partial charge on any atom is 0.342 e. The van der Waals surface area contributed by atoms with Crippen LogP contribution in [0.2, 0.25) is 0 Å². The van der Waals surface area contributed by atoms with E-state index in [0.717, 1.165) is 12.0 Å². The molecule has 0 amide bonds. The number of carbonyl (C=O) groups is 1. The van der Waals surface area contributed by atoms with Crippen molar-refractivity contribution in [3.8, 4) is 0 Å². The fraction of sp³-hybridized carbons (Fsp3) is 0.750. The number of esters is 1. The predicted molar refractivity (Wildman–Crippen MR) is 87.8 cm³/mol. The van der Waals surface area contributed by atoms with Crippen LogP contribution >= 0.6 is 0 Å². The minimum atomic E-state index is -0.395. The zero-order chi connectivity index (χ0) is 16.9. The Morgan fingerprint density at radius 2 is 2.04 bits per heavy atom. The van der Waals surface area contributed by atoms with Crippen LogP contribution in [0, 0.1) is 22.7 Å². The molecule has 0 radical (unpaired) electrons. The van der Waals surface area contributed by atoms with E-state index in [9.17, 15) is 9.90 Å². The molecule has 130 valence electrons. The highest BCUT2D eigenvalue weighted by atomic mass is 16.6. The van der Waals surface area contributed by atoms with Gasteiger partial charge in [0.25, 0.3) is 0 Å². The monoisotopic (exact) mass is 330 g/mol. The standard InChI is InChI=1S/C20H26O4/c1-18(2)6-4-7-19(3)13(18)5-8-20-14(19)9-12-15(16(20)24-20)11(10-21)17(22)23-12/h9,13-14,16,21H,4-8,10H2,1-3H3/t13?,14?,16-,19-,20+/m0/s1. The van der Waals surface area contributed by atoms with Gasteiger partial charge in [0.05, 0.1) is 12.2 Å². The first kappa shape index (κ1) is 15.2. The third kappa shape index (κ3) is 1.60. The number of aliphatic hydroxyl groups excluding tert-OH is 1. The molecule has 5 rings (SSSR count). The molecule has 0 aromatic rings. The van der Waals surface area contributed by atoms with Gasteiger partial charge in [0.1, 0.15) is 17.5 Å². The van der Waals surface area contributed by atoms with Gasteiger partial charge in [-0.25, -0.2) is 4.79 Å². The van der Waals surface area contributed by atoms with E-state index in [0.29, 0.717) is 28.6 Å². The molecule has 3 fully saturated rings. The molecule has 1 spiro atoms. The van der Waals surface area contributed by atoms with Gasteiger partial charge < -0.3 is 14.6 Å². The normalized spacial score (nSPS) is 47.9. The number of hydrogen-bond donors (Lipinski definition) is 1. The van der Waals surface area contributed by atoms with Crippen molar-refractivity contribution in [3.63, 3.8) is 0 Å². The molecule has 4 nitrogen and oxygen atoms in total. The number of aliphatic hydroxyl groups is 1. The maximum atomic E-state index is 12.1. The third-order valence-electron chi connectivity index (χ3n) is 7.84. The number of rotatable bonds is 1. The van der Waals surface area contributed by atoms with Crippen LogP contribution in [0.4, 0.5) is 0 Å². The summed E-state index contributed by atoms with van der Waals surface area (Å²) >= 11 is 0. The number of fused-ring (bicyclic) bond motifs is 4. The van der Waals surface area contributed by atoms with Crippen molar-refractivity contribution < 1.29 is 19.4 Å². The van der Waals surface area contributed by atoms with Crippen molar-refractivity contribution in [1.29, 1.82) is 0 Å². The average molecular weight is 330 g/mol. The zero-order valence-corrected chi connectivity index (χ0v) is 14.7. The Morgan fingerprint density at radius 1 is 1.25 bits per heavy atom. The smallest absolute Gasteiger partial charge is 0.342 e. The van der Waals surface area contributed by atoms with Gasteiger partial charge >= 0.3 is 5.97 Å². The molecular formula is C20H26O4. The van der Waals surface area contributed by atoms with Crippen LogP contribution in [-0.2, 0) is 14.3 Å². The maximum absolute atomic E-state index is 12.1. The third-order valence-corrected chi connectivity index (χ3v) is 7.84. The molecule has 0 aromatic heterocycles. The lowest BCUT2D eigenvalue weighted by atomic mass is 9.45. The molecule has 4 heteroatoms. The van der Waals surface area contributed by atoms with Crippen LogP contribution in [0.25, 0.3) is 0 Å². The minimum Gasteiger partial charge on any atom is -0.423 e. The summed E-state index contributed by atoms with van der Waals surface area (Å²) < 4.78 is 11.8. The first-order chi connectivity index (χ1) is 11.3. The first-order valence-corrected chi connectivity index (χ1v) is 9.29. The van der Waals surface area contributed by atoms with Crippen molar-refractivity contribution in [1.82, 2.24) is 0 Å². The van der Waals surface area contributed by atoms with Crippen molar-refractivity contribution in [3.05, 3.63) is 23.0 Å². The second kappa shape index (κ2) is 4.34. The lowest BCUT2D eigenvalue weighted by molar-refractivity contribution is -0.134. The SMILES string of the molecule is CC1(C)CCC[C@@]2(C)C1CC[C@]13O[C@H]1C1=C(CO)C(=O)OC1=CC23. The second-order valence-corrected chi connectivity index (χ2v) is 9.34. The zero-order valence-electron chi connectivity index (χ0n) is 14.7. The molecular weight excluding hydrogens is 304 g/mol. The van der Waals surface area contributed by atoms with Crippen LogP contribution in [0.1, 0.15) is 52.9 Å². The highest BCUT2D eigenvalue weighted by Crippen LogP contribution is 2.71. The molecule has 3 aliphatic carbocycles. The average Bonchev–Trinajstić information content (AvgIpc) is 3.13. The second-order valence-electron chi connectivity index (χ2n) is 9.34. The fourth-order valence-corrected chi connectivity index (χ4v) is 6.78. The Hall–Kier alpha value is -1.13. The predicted octanol–water partition coefficient (Wildman–Crippen LogP) is 3.11. The quantitative estimate of drug-likeness (QED) is 0.593. The fourth-order valence-electron chi connectivity index (χ4n) is 6.78. The molecule has 0 aromatic carbocycles. The van der Waals surface area contributed by atoms with Crippen LogP contribution < -0.4 is 0 Å². The Balaban J connectivity index is 1.63. The van der Waals surface area contributed by atoms with Gasteiger partial charge in [0.2, 0.25) is 0 Å². The van der Waals surface area contributed by atoms with Crippen LogP contribution in [0.3, 0.4) is 0 Å².